The molecule has 4 rings (SSSR count). The topological polar surface area (TPSA) is 44.8 Å². The van der Waals surface area contributed by atoms with Crippen molar-refractivity contribution in [2.45, 2.75) is 32.4 Å². The minimum absolute atomic E-state index is 0.429. The minimum atomic E-state index is 0.429. The van der Waals surface area contributed by atoms with Gasteiger partial charge in [0, 0.05) is 17.6 Å². The molecule has 0 spiro atoms. The molecule has 112 valence electrons. The van der Waals surface area contributed by atoms with E-state index in [-0.39, 0.29) is 0 Å². The van der Waals surface area contributed by atoms with Gasteiger partial charge in [0.25, 0.3) is 0 Å². The Kier molecular flexibility index (Phi) is 3.39. The van der Waals surface area contributed by atoms with E-state index in [1.807, 2.05) is 6.20 Å². The summed E-state index contributed by atoms with van der Waals surface area (Å²) in [6.45, 7) is 4.14. The van der Waals surface area contributed by atoms with Crippen LogP contribution in [0.3, 0.4) is 0 Å². The molecule has 0 saturated carbocycles. The number of H-pyrrole nitrogens is 1. The van der Waals surface area contributed by atoms with E-state index in [2.05, 4.69) is 58.4 Å². The van der Waals surface area contributed by atoms with Gasteiger partial charge in [-0.25, -0.2) is 0 Å². The van der Waals surface area contributed by atoms with Gasteiger partial charge in [-0.15, -0.1) is 0 Å². The monoisotopic (exact) mass is 292 g/mol. The second-order valence-corrected chi connectivity index (χ2v) is 6.08. The van der Waals surface area contributed by atoms with E-state index >= 15 is 0 Å². The largest absolute Gasteiger partial charge is 0.290 e. The minimum Gasteiger partial charge on any atom is -0.290 e. The number of aromatic nitrogens is 3. The molecule has 1 aliphatic rings. The number of benzene rings is 1. The summed E-state index contributed by atoms with van der Waals surface area (Å²) in [5.41, 5.74) is 4.77. The van der Waals surface area contributed by atoms with Crippen LogP contribution in [0.25, 0.3) is 10.9 Å². The van der Waals surface area contributed by atoms with E-state index < -0.39 is 0 Å². The molecule has 3 aromatic rings. The lowest BCUT2D eigenvalue weighted by Crippen LogP contribution is -2.23. The van der Waals surface area contributed by atoms with Crippen LogP contribution >= 0.6 is 0 Å². The zero-order chi connectivity index (χ0) is 14.9. The number of rotatable bonds is 3. The van der Waals surface area contributed by atoms with Crippen LogP contribution in [-0.2, 0) is 6.54 Å². The van der Waals surface area contributed by atoms with Gasteiger partial charge in [0.05, 0.1) is 23.4 Å². The molecule has 3 heterocycles. The summed E-state index contributed by atoms with van der Waals surface area (Å²) >= 11 is 0. The van der Waals surface area contributed by atoms with Crippen molar-refractivity contribution in [1.29, 1.82) is 0 Å². The molecule has 22 heavy (non-hydrogen) atoms. The van der Waals surface area contributed by atoms with Gasteiger partial charge in [0.2, 0.25) is 0 Å². The predicted octanol–water partition coefficient (Wildman–Crippen LogP) is 3.60. The number of pyridine rings is 1. The summed E-state index contributed by atoms with van der Waals surface area (Å²) < 4.78 is 0. The maximum absolute atomic E-state index is 4.74. The summed E-state index contributed by atoms with van der Waals surface area (Å²) in [5.74, 6) is 0. The van der Waals surface area contributed by atoms with Gasteiger partial charge in [0.15, 0.2) is 0 Å². The Hall–Kier alpha value is -2.20. The molecule has 0 radical (unpaired) electrons. The number of hydrogen-bond acceptors (Lipinski definition) is 3. The van der Waals surface area contributed by atoms with Gasteiger partial charge in [-0.05, 0) is 44.0 Å². The van der Waals surface area contributed by atoms with Crippen molar-refractivity contribution < 1.29 is 0 Å². The van der Waals surface area contributed by atoms with E-state index in [0.29, 0.717) is 6.04 Å². The summed E-state index contributed by atoms with van der Waals surface area (Å²) in [5, 5.41) is 8.49. The molecule has 1 saturated heterocycles. The molecule has 0 bridgehead atoms. The highest BCUT2D eigenvalue weighted by molar-refractivity contribution is 5.81. The Balaban J connectivity index is 1.63. The number of nitrogens with zero attached hydrogens (tertiary/aromatic N) is 3. The second-order valence-electron chi connectivity index (χ2n) is 6.08. The molecule has 0 unspecified atom stereocenters. The van der Waals surface area contributed by atoms with E-state index in [0.717, 1.165) is 24.3 Å². The van der Waals surface area contributed by atoms with Crippen LogP contribution in [0.1, 0.15) is 35.8 Å². The van der Waals surface area contributed by atoms with Crippen LogP contribution < -0.4 is 0 Å². The first-order chi connectivity index (χ1) is 10.8. The fraction of sp³-hybridized carbons (Fsp3) is 0.333. The van der Waals surface area contributed by atoms with Crippen LogP contribution in [0.5, 0.6) is 0 Å². The number of aromatic amines is 1. The lowest BCUT2D eigenvalue weighted by atomic mass is 10.1. The Morgan fingerprint density at radius 1 is 1.23 bits per heavy atom. The van der Waals surface area contributed by atoms with E-state index in [4.69, 9.17) is 4.98 Å². The third-order valence-electron chi connectivity index (χ3n) is 4.55. The molecule has 1 N–H and O–H groups in total. The highest BCUT2D eigenvalue weighted by Gasteiger charge is 2.27. The molecular weight excluding hydrogens is 272 g/mol. The standard InChI is InChI=1S/C18H20N4/c1-13-5-2-8-16(20-13)17-9-4-10-22(17)12-15-7-3-6-14-11-19-21-18(14)15/h2-3,5-8,11,17H,4,9-10,12H2,1H3,(H,19,21)/t17-/m0/s1. The number of para-hydroxylation sites is 1. The van der Waals surface area contributed by atoms with E-state index in [1.165, 1.54) is 29.5 Å². The van der Waals surface area contributed by atoms with Crippen LogP contribution in [0.2, 0.25) is 0 Å². The number of hydrogen-bond donors (Lipinski definition) is 1. The van der Waals surface area contributed by atoms with Crippen LogP contribution in [-0.4, -0.2) is 26.6 Å². The van der Waals surface area contributed by atoms with Crippen molar-refractivity contribution in [3.63, 3.8) is 0 Å². The van der Waals surface area contributed by atoms with Crippen molar-refractivity contribution in [3.05, 3.63) is 59.5 Å². The second kappa shape index (κ2) is 5.54. The van der Waals surface area contributed by atoms with Gasteiger partial charge < -0.3 is 0 Å². The van der Waals surface area contributed by atoms with E-state index in [1.54, 1.807) is 0 Å². The molecule has 0 aliphatic carbocycles. The normalized spacial score (nSPS) is 19.0. The SMILES string of the molecule is Cc1cccc([C@@H]2CCCN2Cc2cccc3cn[nH]c23)n1. The van der Waals surface area contributed by atoms with Gasteiger partial charge in [-0.2, -0.15) is 5.10 Å². The Labute approximate surface area is 130 Å². The Morgan fingerprint density at radius 2 is 2.14 bits per heavy atom. The van der Waals surface area contributed by atoms with Gasteiger partial charge in [-0.1, -0.05) is 24.3 Å². The molecular formula is C18H20N4. The molecule has 1 atom stereocenters. The van der Waals surface area contributed by atoms with Gasteiger partial charge in [-0.3, -0.25) is 15.0 Å². The number of fused-ring (bicyclic) bond motifs is 1. The molecule has 2 aromatic heterocycles. The first-order valence-electron chi connectivity index (χ1n) is 7.90. The number of aryl methyl sites for hydroxylation is 1. The van der Waals surface area contributed by atoms with Gasteiger partial charge in [0.1, 0.15) is 0 Å². The lowest BCUT2D eigenvalue weighted by Gasteiger charge is -2.24. The average molecular weight is 292 g/mol. The van der Waals surface area contributed by atoms with E-state index in [9.17, 15) is 0 Å². The van der Waals surface area contributed by atoms with Crippen molar-refractivity contribution in [1.82, 2.24) is 20.1 Å². The molecule has 1 aromatic carbocycles. The first-order valence-corrected chi connectivity index (χ1v) is 7.90. The molecule has 0 amide bonds. The smallest absolute Gasteiger partial charge is 0.0695 e. The highest BCUT2D eigenvalue weighted by Crippen LogP contribution is 2.33. The zero-order valence-corrected chi connectivity index (χ0v) is 12.8. The molecule has 4 heteroatoms. The summed E-state index contributed by atoms with van der Waals surface area (Å²) in [4.78, 5) is 7.28. The quantitative estimate of drug-likeness (QED) is 0.802. The number of likely N-dealkylation sites (tertiary alicyclic amines) is 1. The summed E-state index contributed by atoms with van der Waals surface area (Å²) in [6.07, 6.45) is 4.32. The number of nitrogens with one attached hydrogen (secondary N) is 1. The molecule has 4 nitrogen and oxygen atoms in total. The fourth-order valence-corrected chi connectivity index (χ4v) is 3.48. The summed E-state index contributed by atoms with van der Waals surface area (Å²) in [7, 11) is 0. The Morgan fingerprint density at radius 3 is 3.05 bits per heavy atom. The molecule has 1 aliphatic heterocycles. The third kappa shape index (κ3) is 2.40. The van der Waals surface area contributed by atoms with Crippen molar-refractivity contribution in [2.75, 3.05) is 6.54 Å². The van der Waals surface area contributed by atoms with Crippen LogP contribution in [0.15, 0.2) is 42.6 Å². The fourth-order valence-electron chi connectivity index (χ4n) is 3.48. The average Bonchev–Trinajstić information content (AvgIpc) is 3.16. The van der Waals surface area contributed by atoms with Crippen molar-refractivity contribution in [3.8, 4) is 0 Å². The first kappa shape index (κ1) is 13.5. The molecule has 1 fully saturated rings. The van der Waals surface area contributed by atoms with Crippen LogP contribution in [0, 0.1) is 6.92 Å². The predicted molar refractivity (Wildman–Crippen MR) is 87.5 cm³/mol. The van der Waals surface area contributed by atoms with Crippen molar-refractivity contribution >= 4 is 10.9 Å². The summed E-state index contributed by atoms with van der Waals surface area (Å²) in [6, 6.07) is 13.2. The third-order valence-corrected chi connectivity index (χ3v) is 4.55. The maximum atomic E-state index is 4.74. The van der Waals surface area contributed by atoms with Crippen LogP contribution in [0.4, 0.5) is 0 Å². The maximum Gasteiger partial charge on any atom is 0.0695 e. The highest BCUT2D eigenvalue weighted by atomic mass is 15.2. The van der Waals surface area contributed by atoms with Gasteiger partial charge >= 0.3 is 0 Å². The zero-order valence-electron chi connectivity index (χ0n) is 12.8. The van der Waals surface area contributed by atoms with Crippen molar-refractivity contribution in [2.24, 2.45) is 0 Å². The lowest BCUT2D eigenvalue weighted by molar-refractivity contribution is 0.245. The Bertz CT molecular complexity index is 792.